The Kier molecular flexibility index (Phi) is 7.02. The molecular weight excluding hydrogens is 418 g/mol. The number of alkyl carbamates (subject to hydrolysis) is 1. The first-order valence-electron chi connectivity index (χ1n) is 14.5. The maximum atomic E-state index is 11.9. The van der Waals surface area contributed by atoms with Crippen molar-refractivity contribution in [3.05, 3.63) is 11.6 Å². The highest BCUT2D eigenvalue weighted by molar-refractivity contribution is 5.66. The van der Waals surface area contributed by atoms with Crippen molar-refractivity contribution in [3.8, 4) is 0 Å². The lowest BCUT2D eigenvalue weighted by molar-refractivity contribution is -0.176. The quantitative estimate of drug-likeness (QED) is 0.394. The molecule has 194 valence electrons. The molecule has 4 aliphatic carbocycles. The van der Waals surface area contributed by atoms with Crippen LogP contribution < -0.4 is 5.32 Å². The van der Waals surface area contributed by atoms with Crippen molar-refractivity contribution >= 4 is 6.09 Å². The highest BCUT2D eigenvalue weighted by Gasteiger charge is 2.69. The molecule has 0 heterocycles. The Morgan fingerprint density at radius 2 is 1.79 bits per heavy atom. The molecular formula is C31H53NO2. The molecule has 1 amide bonds. The van der Waals surface area contributed by atoms with E-state index in [9.17, 15) is 4.79 Å². The summed E-state index contributed by atoms with van der Waals surface area (Å²) in [5, 5.41) is 2.63. The van der Waals surface area contributed by atoms with Crippen LogP contribution in [0.3, 0.4) is 0 Å². The fraction of sp³-hybridized carbons (Fsp3) is 0.903. The fourth-order valence-corrected chi connectivity index (χ4v) is 9.88. The van der Waals surface area contributed by atoms with E-state index in [0.717, 1.165) is 42.9 Å². The van der Waals surface area contributed by atoms with Gasteiger partial charge < -0.3 is 10.1 Å². The van der Waals surface area contributed by atoms with Gasteiger partial charge in [-0.2, -0.15) is 0 Å². The van der Waals surface area contributed by atoms with Crippen molar-refractivity contribution in [2.75, 3.05) is 7.05 Å². The molecule has 4 rings (SSSR count). The summed E-state index contributed by atoms with van der Waals surface area (Å²) < 4.78 is 5.71. The monoisotopic (exact) mass is 471 g/mol. The normalized spacial score (nSPS) is 44.5. The summed E-state index contributed by atoms with van der Waals surface area (Å²) in [4.78, 5) is 11.9. The van der Waals surface area contributed by atoms with Crippen LogP contribution in [0.25, 0.3) is 0 Å². The van der Waals surface area contributed by atoms with Gasteiger partial charge in [0.1, 0.15) is 6.10 Å². The summed E-state index contributed by atoms with van der Waals surface area (Å²) >= 11 is 0. The van der Waals surface area contributed by atoms with E-state index in [1.54, 1.807) is 12.6 Å². The summed E-state index contributed by atoms with van der Waals surface area (Å²) in [5.41, 5.74) is 2.98. The first-order valence-corrected chi connectivity index (χ1v) is 14.5. The summed E-state index contributed by atoms with van der Waals surface area (Å²) in [6, 6.07) is 0. The number of hydrogen-bond donors (Lipinski definition) is 1. The smallest absolute Gasteiger partial charge is 0.407 e. The number of carbonyl (C=O) groups excluding carboxylic acids is 1. The number of hydrogen-bond acceptors (Lipinski definition) is 2. The first kappa shape index (κ1) is 26.1. The zero-order valence-electron chi connectivity index (χ0n) is 23.6. The molecule has 3 fully saturated rings. The molecule has 0 unspecified atom stereocenters. The Balaban J connectivity index is 1.56. The lowest BCUT2D eigenvalue weighted by atomic mass is 9.35. The van der Waals surface area contributed by atoms with Crippen LogP contribution in [-0.2, 0) is 4.74 Å². The van der Waals surface area contributed by atoms with Crippen LogP contribution in [0.4, 0.5) is 4.79 Å². The average Bonchev–Trinajstić information content (AvgIpc) is 3.14. The van der Waals surface area contributed by atoms with Gasteiger partial charge >= 0.3 is 6.09 Å². The molecule has 3 heteroatoms. The highest BCUT2D eigenvalue weighted by atomic mass is 16.6. The maximum absolute atomic E-state index is 11.9. The Bertz CT molecular complexity index is 803. The number of amides is 1. The van der Waals surface area contributed by atoms with E-state index in [1.165, 1.54) is 51.4 Å². The van der Waals surface area contributed by atoms with E-state index in [2.05, 4.69) is 59.9 Å². The van der Waals surface area contributed by atoms with Crippen molar-refractivity contribution in [1.29, 1.82) is 0 Å². The van der Waals surface area contributed by atoms with Crippen LogP contribution in [0.5, 0.6) is 0 Å². The van der Waals surface area contributed by atoms with E-state index in [4.69, 9.17) is 4.74 Å². The lowest BCUT2D eigenvalue weighted by Gasteiger charge is -2.69. The second-order valence-corrected chi connectivity index (χ2v) is 14.1. The molecule has 1 N–H and O–H groups in total. The number of allylic oxidation sites excluding steroid dienone is 1. The van der Waals surface area contributed by atoms with Gasteiger partial charge in [0.05, 0.1) is 0 Å². The van der Waals surface area contributed by atoms with Crippen molar-refractivity contribution in [2.45, 2.75) is 125 Å². The van der Waals surface area contributed by atoms with Gasteiger partial charge in [-0.3, -0.25) is 0 Å². The molecule has 8 atom stereocenters. The Morgan fingerprint density at radius 3 is 2.47 bits per heavy atom. The van der Waals surface area contributed by atoms with Gasteiger partial charge in [0.25, 0.3) is 0 Å². The summed E-state index contributed by atoms with van der Waals surface area (Å²) in [5.74, 6) is 3.39. The molecule has 0 bridgehead atoms. The van der Waals surface area contributed by atoms with Crippen LogP contribution in [0.15, 0.2) is 11.6 Å². The molecule has 0 radical (unpaired) electrons. The van der Waals surface area contributed by atoms with Crippen molar-refractivity contribution in [1.82, 2.24) is 5.32 Å². The summed E-state index contributed by atoms with van der Waals surface area (Å²) in [6.45, 7) is 17.9. The number of carbonyl (C=O) groups is 1. The van der Waals surface area contributed by atoms with Crippen LogP contribution in [-0.4, -0.2) is 19.2 Å². The predicted molar refractivity (Wildman–Crippen MR) is 142 cm³/mol. The largest absolute Gasteiger partial charge is 0.446 e. The van der Waals surface area contributed by atoms with E-state index >= 15 is 0 Å². The summed E-state index contributed by atoms with van der Waals surface area (Å²) in [7, 11) is 1.65. The molecule has 3 nitrogen and oxygen atoms in total. The zero-order chi connectivity index (χ0) is 24.9. The van der Waals surface area contributed by atoms with E-state index in [1.807, 2.05) is 0 Å². The number of fused-ring (bicyclic) bond motifs is 5. The van der Waals surface area contributed by atoms with E-state index in [-0.39, 0.29) is 17.6 Å². The van der Waals surface area contributed by atoms with Gasteiger partial charge in [-0.05, 0) is 90.3 Å². The van der Waals surface area contributed by atoms with Gasteiger partial charge in [-0.15, -0.1) is 0 Å². The molecule has 0 spiro atoms. The fourth-order valence-electron chi connectivity index (χ4n) is 9.88. The number of ether oxygens (including phenoxy) is 1. The highest BCUT2D eigenvalue weighted by Crippen LogP contribution is 2.76. The minimum atomic E-state index is -0.283. The Labute approximate surface area is 210 Å². The summed E-state index contributed by atoms with van der Waals surface area (Å²) in [6.07, 6.45) is 16.4. The number of nitrogens with one attached hydrogen (secondary N) is 1. The topological polar surface area (TPSA) is 38.3 Å². The molecule has 0 saturated heterocycles. The van der Waals surface area contributed by atoms with Gasteiger partial charge in [0, 0.05) is 13.5 Å². The van der Waals surface area contributed by atoms with Crippen molar-refractivity contribution < 1.29 is 9.53 Å². The van der Waals surface area contributed by atoms with Crippen LogP contribution in [0.1, 0.15) is 119 Å². The first-order chi connectivity index (χ1) is 15.9. The molecule has 3 saturated carbocycles. The second-order valence-electron chi connectivity index (χ2n) is 14.1. The van der Waals surface area contributed by atoms with Gasteiger partial charge in [-0.1, -0.05) is 79.4 Å². The van der Waals surface area contributed by atoms with Gasteiger partial charge in [0.15, 0.2) is 0 Å². The third-order valence-corrected chi connectivity index (χ3v) is 12.3. The molecule has 4 aliphatic rings. The zero-order valence-corrected chi connectivity index (χ0v) is 23.6. The molecule has 0 aromatic heterocycles. The van der Waals surface area contributed by atoms with Gasteiger partial charge in [-0.25, -0.2) is 4.79 Å². The van der Waals surface area contributed by atoms with Crippen LogP contribution in [0, 0.1) is 45.3 Å². The third kappa shape index (κ3) is 3.86. The van der Waals surface area contributed by atoms with Crippen molar-refractivity contribution in [2.24, 2.45) is 45.3 Å². The Hall–Kier alpha value is -0.990. The second kappa shape index (κ2) is 9.15. The Morgan fingerprint density at radius 1 is 1.06 bits per heavy atom. The van der Waals surface area contributed by atoms with Crippen molar-refractivity contribution in [3.63, 3.8) is 0 Å². The molecule has 0 aromatic rings. The molecule has 34 heavy (non-hydrogen) atoms. The average molecular weight is 472 g/mol. The SMILES string of the molecule is CNC(=O)O[C@@H]1CC[C@]2(C)C(=CC[C@]3(C)[C@H]4CC[C@@H]([C@@H](C)CCCC(C)C)[C@]4(C)CC[C@@]23C)C1. The van der Waals surface area contributed by atoms with E-state index in [0.29, 0.717) is 16.2 Å². The minimum absolute atomic E-state index is 0.0311. The van der Waals surface area contributed by atoms with Gasteiger partial charge in [0.2, 0.25) is 0 Å². The van der Waals surface area contributed by atoms with E-state index < -0.39 is 0 Å². The molecule has 0 aromatic carbocycles. The van der Waals surface area contributed by atoms with Crippen LogP contribution in [0.2, 0.25) is 0 Å². The molecule has 0 aliphatic heterocycles. The minimum Gasteiger partial charge on any atom is -0.446 e. The maximum Gasteiger partial charge on any atom is 0.407 e. The third-order valence-electron chi connectivity index (χ3n) is 12.3. The van der Waals surface area contributed by atoms with Crippen LogP contribution >= 0.6 is 0 Å². The lowest BCUT2D eigenvalue weighted by Crippen LogP contribution is -2.62. The number of rotatable bonds is 6. The predicted octanol–water partition coefficient (Wildman–Crippen LogP) is 8.53. The standard InChI is InChI=1S/C31H53NO2/c1-21(2)10-9-11-22(3)25-12-13-26-28(25,4)18-19-31(7)29(5)17-15-24(34-27(33)32-8)20-23(29)14-16-30(26,31)6/h14,21-22,24-26H,9-13,15-20H2,1-8H3,(H,32,33)/t22-,24+,25-,26-,28-,29+,30+,31-/m0/s1.